The van der Waals surface area contributed by atoms with Gasteiger partial charge in [0.15, 0.2) is 0 Å². The van der Waals surface area contributed by atoms with Gasteiger partial charge in [-0.3, -0.25) is 9.59 Å². The van der Waals surface area contributed by atoms with Crippen LogP contribution in [0, 0.1) is 10.8 Å². The Morgan fingerprint density at radius 2 is 1.67 bits per heavy atom. The van der Waals surface area contributed by atoms with E-state index in [-0.39, 0.29) is 35.1 Å². The van der Waals surface area contributed by atoms with Gasteiger partial charge in [-0.25, -0.2) is 0 Å². The number of nitrogens with zero attached hydrogens (tertiary/aromatic N) is 1. The van der Waals surface area contributed by atoms with Crippen LogP contribution in [-0.4, -0.2) is 43.4 Å². The first-order valence-corrected chi connectivity index (χ1v) is 7.22. The minimum absolute atomic E-state index is 0. The Kier molecular flexibility index (Phi) is 9.91. The van der Waals surface area contributed by atoms with Crippen LogP contribution in [0.15, 0.2) is 0 Å². The fourth-order valence-electron chi connectivity index (χ4n) is 1.69. The molecule has 3 N–H and O–H groups in total. The van der Waals surface area contributed by atoms with Gasteiger partial charge in [-0.15, -0.1) is 12.4 Å². The second kappa shape index (κ2) is 9.26. The van der Waals surface area contributed by atoms with Crippen LogP contribution in [0.25, 0.3) is 0 Å². The fraction of sp³-hybridized carbons (Fsp3) is 0.867. The number of halogens is 1. The van der Waals surface area contributed by atoms with Crippen molar-refractivity contribution in [1.82, 2.24) is 10.2 Å². The van der Waals surface area contributed by atoms with E-state index >= 15 is 0 Å². The van der Waals surface area contributed by atoms with Crippen LogP contribution in [0.4, 0.5) is 0 Å². The molecule has 0 aromatic rings. The molecule has 0 unspecified atom stereocenters. The van der Waals surface area contributed by atoms with Crippen LogP contribution in [0.1, 0.15) is 47.5 Å². The standard InChI is InChI=1S/C15H31N3O2.ClH/c1-14(2,3)13(20)17-9-7-8-12(19)18(6)11-15(4,5)10-16;/h7-11,16H2,1-6H3,(H,17,20);1H. The summed E-state index contributed by atoms with van der Waals surface area (Å²) in [7, 11) is 1.80. The van der Waals surface area contributed by atoms with Crippen LogP contribution in [0.5, 0.6) is 0 Å². The number of nitrogens with two attached hydrogens (primary N) is 1. The van der Waals surface area contributed by atoms with Crippen molar-refractivity contribution in [3.05, 3.63) is 0 Å². The largest absolute Gasteiger partial charge is 0.356 e. The molecular formula is C15H32ClN3O2. The van der Waals surface area contributed by atoms with Crippen LogP contribution >= 0.6 is 12.4 Å². The van der Waals surface area contributed by atoms with Crippen LogP contribution in [-0.2, 0) is 9.59 Å². The van der Waals surface area contributed by atoms with Gasteiger partial charge in [0.25, 0.3) is 0 Å². The zero-order chi connectivity index (χ0) is 16.0. The number of hydrogen-bond acceptors (Lipinski definition) is 3. The van der Waals surface area contributed by atoms with Crippen LogP contribution < -0.4 is 11.1 Å². The summed E-state index contributed by atoms with van der Waals surface area (Å²) < 4.78 is 0. The number of carbonyl (C=O) groups excluding carboxylic acids is 2. The molecular weight excluding hydrogens is 290 g/mol. The fourth-order valence-corrected chi connectivity index (χ4v) is 1.69. The molecule has 0 fully saturated rings. The molecule has 0 aliphatic rings. The lowest BCUT2D eigenvalue weighted by Crippen LogP contribution is -2.40. The first-order valence-electron chi connectivity index (χ1n) is 7.22. The van der Waals surface area contributed by atoms with Gasteiger partial charge >= 0.3 is 0 Å². The van der Waals surface area contributed by atoms with Gasteiger partial charge in [0.05, 0.1) is 0 Å². The normalized spacial score (nSPS) is 11.6. The van der Waals surface area contributed by atoms with E-state index in [4.69, 9.17) is 5.73 Å². The highest BCUT2D eigenvalue weighted by atomic mass is 35.5. The molecule has 0 saturated carbocycles. The Morgan fingerprint density at radius 3 is 2.10 bits per heavy atom. The molecule has 0 aliphatic carbocycles. The molecule has 126 valence electrons. The van der Waals surface area contributed by atoms with E-state index in [1.807, 2.05) is 34.6 Å². The highest BCUT2D eigenvalue weighted by Gasteiger charge is 2.22. The molecule has 0 aromatic carbocycles. The zero-order valence-electron chi connectivity index (χ0n) is 14.3. The maximum Gasteiger partial charge on any atom is 0.225 e. The number of hydrogen-bond donors (Lipinski definition) is 2. The lowest BCUT2D eigenvalue weighted by atomic mass is 9.93. The topological polar surface area (TPSA) is 75.4 Å². The van der Waals surface area contributed by atoms with E-state index in [0.717, 1.165) is 0 Å². The number of rotatable bonds is 7. The van der Waals surface area contributed by atoms with E-state index in [9.17, 15) is 9.59 Å². The summed E-state index contributed by atoms with van der Waals surface area (Å²) in [5.41, 5.74) is 5.22. The number of amides is 2. The Morgan fingerprint density at radius 1 is 1.14 bits per heavy atom. The van der Waals surface area contributed by atoms with Gasteiger partial charge < -0.3 is 16.0 Å². The van der Waals surface area contributed by atoms with Gasteiger partial charge in [-0.05, 0) is 18.4 Å². The Bertz CT molecular complexity index is 338. The van der Waals surface area contributed by atoms with Crippen molar-refractivity contribution in [3.63, 3.8) is 0 Å². The van der Waals surface area contributed by atoms with Crippen molar-refractivity contribution in [3.8, 4) is 0 Å². The molecule has 0 heterocycles. The number of nitrogens with one attached hydrogen (secondary N) is 1. The predicted molar refractivity (Wildman–Crippen MR) is 89.4 cm³/mol. The minimum atomic E-state index is -0.383. The Hall–Kier alpha value is -0.810. The summed E-state index contributed by atoms with van der Waals surface area (Å²) in [6, 6.07) is 0. The van der Waals surface area contributed by atoms with Gasteiger partial charge in [-0.1, -0.05) is 34.6 Å². The van der Waals surface area contributed by atoms with Gasteiger partial charge in [0, 0.05) is 32.0 Å². The summed E-state index contributed by atoms with van der Waals surface area (Å²) >= 11 is 0. The SMILES string of the molecule is CN(CC(C)(C)CN)C(=O)CCCNC(=O)C(C)(C)C.Cl. The second-order valence-corrected chi connectivity index (χ2v) is 7.23. The molecule has 0 saturated heterocycles. The van der Waals surface area contributed by atoms with E-state index in [1.54, 1.807) is 11.9 Å². The van der Waals surface area contributed by atoms with Gasteiger partial charge in [0.2, 0.25) is 11.8 Å². The monoisotopic (exact) mass is 321 g/mol. The molecule has 0 rings (SSSR count). The maximum atomic E-state index is 12.0. The average molecular weight is 322 g/mol. The molecule has 21 heavy (non-hydrogen) atoms. The first-order chi connectivity index (χ1) is 8.99. The lowest BCUT2D eigenvalue weighted by Gasteiger charge is -2.29. The average Bonchev–Trinajstić information content (AvgIpc) is 2.32. The summed E-state index contributed by atoms with van der Waals surface area (Å²) in [5, 5.41) is 2.85. The summed E-state index contributed by atoms with van der Waals surface area (Å²) in [6.45, 7) is 11.4. The molecule has 0 aliphatic heterocycles. The number of carbonyl (C=O) groups is 2. The van der Waals surface area contributed by atoms with Crippen molar-refractivity contribution in [1.29, 1.82) is 0 Å². The van der Waals surface area contributed by atoms with Crippen molar-refractivity contribution < 1.29 is 9.59 Å². The quantitative estimate of drug-likeness (QED) is 0.702. The third-order valence-electron chi connectivity index (χ3n) is 3.18. The highest BCUT2D eigenvalue weighted by molar-refractivity contribution is 5.85. The molecule has 0 aromatic heterocycles. The molecule has 6 heteroatoms. The summed E-state index contributed by atoms with van der Waals surface area (Å²) in [6.07, 6.45) is 1.11. The van der Waals surface area contributed by atoms with Crippen LogP contribution in [0.3, 0.4) is 0 Å². The van der Waals surface area contributed by atoms with Crippen molar-refractivity contribution in [2.75, 3.05) is 26.7 Å². The third-order valence-corrected chi connectivity index (χ3v) is 3.18. The predicted octanol–water partition coefficient (Wildman–Crippen LogP) is 1.79. The maximum absolute atomic E-state index is 12.0. The second-order valence-electron chi connectivity index (χ2n) is 7.23. The van der Waals surface area contributed by atoms with E-state index < -0.39 is 0 Å². The van der Waals surface area contributed by atoms with E-state index in [1.165, 1.54) is 0 Å². The Labute approximate surface area is 135 Å². The molecule has 5 nitrogen and oxygen atoms in total. The van der Waals surface area contributed by atoms with Crippen molar-refractivity contribution in [2.24, 2.45) is 16.6 Å². The minimum Gasteiger partial charge on any atom is -0.356 e. The molecule has 0 atom stereocenters. The van der Waals surface area contributed by atoms with Crippen molar-refractivity contribution in [2.45, 2.75) is 47.5 Å². The summed E-state index contributed by atoms with van der Waals surface area (Å²) in [4.78, 5) is 25.3. The highest BCUT2D eigenvalue weighted by Crippen LogP contribution is 2.15. The first kappa shape index (κ1) is 22.5. The van der Waals surface area contributed by atoms with Gasteiger partial charge in [0.1, 0.15) is 0 Å². The van der Waals surface area contributed by atoms with Crippen molar-refractivity contribution >= 4 is 24.2 Å². The van der Waals surface area contributed by atoms with Crippen LogP contribution in [0.2, 0.25) is 0 Å². The third kappa shape index (κ3) is 9.69. The zero-order valence-corrected chi connectivity index (χ0v) is 15.1. The molecule has 0 bridgehead atoms. The Balaban J connectivity index is 0. The van der Waals surface area contributed by atoms with E-state index in [2.05, 4.69) is 5.32 Å². The molecule has 0 radical (unpaired) electrons. The van der Waals surface area contributed by atoms with E-state index in [0.29, 0.717) is 32.5 Å². The lowest BCUT2D eigenvalue weighted by molar-refractivity contribution is -0.132. The smallest absolute Gasteiger partial charge is 0.225 e. The molecule has 0 spiro atoms. The van der Waals surface area contributed by atoms with Gasteiger partial charge in [-0.2, -0.15) is 0 Å². The summed E-state index contributed by atoms with van der Waals surface area (Å²) in [5.74, 6) is 0.110. The molecule has 2 amide bonds.